The summed E-state index contributed by atoms with van der Waals surface area (Å²) in [4.78, 5) is 11.9. The fraction of sp³-hybridized carbons (Fsp3) is 0.400. The van der Waals surface area contributed by atoms with Crippen LogP contribution in [0.25, 0.3) is 0 Å². The minimum absolute atomic E-state index is 0.00623. The molecule has 1 aliphatic rings. The number of benzene rings is 1. The first-order valence-corrected chi connectivity index (χ1v) is 6.31. The van der Waals surface area contributed by atoms with Gasteiger partial charge in [0.2, 0.25) is 5.91 Å². The van der Waals surface area contributed by atoms with Crippen LogP contribution in [0.1, 0.15) is 36.9 Å². The van der Waals surface area contributed by atoms with Crippen LogP contribution >= 0.6 is 0 Å². The number of terminal acetylenes is 1. The molecule has 1 fully saturated rings. The van der Waals surface area contributed by atoms with Crippen molar-refractivity contribution in [2.24, 2.45) is 0 Å². The van der Waals surface area contributed by atoms with Crippen LogP contribution in [0.4, 0.5) is 0 Å². The molecule has 0 aromatic heterocycles. The summed E-state index contributed by atoms with van der Waals surface area (Å²) in [5, 5.41) is 6.22. The molecule has 0 saturated carbocycles. The van der Waals surface area contributed by atoms with Gasteiger partial charge in [0, 0.05) is 5.56 Å². The molecule has 3 nitrogen and oxygen atoms in total. The Bertz CT molecular complexity index is 452. The lowest BCUT2D eigenvalue weighted by molar-refractivity contribution is -0.123. The van der Waals surface area contributed by atoms with E-state index in [4.69, 9.17) is 6.42 Å². The number of carbonyl (C=O) groups is 1. The molecule has 2 rings (SSSR count). The molecule has 0 spiro atoms. The molecule has 0 aliphatic carbocycles. The second kappa shape index (κ2) is 5.70. The quantitative estimate of drug-likeness (QED) is 0.790. The van der Waals surface area contributed by atoms with Crippen molar-refractivity contribution in [3.8, 4) is 12.3 Å². The predicted octanol–water partition coefficient (Wildman–Crippen LogP) is 1.60. The third-order valence-corrected chi connectivity index (χ3v) is 3.31. The highest BCUT2D eigenvalue weighted by molar-refractivity contribution is 5.82. The highest BCUT2D eigenvalue weighted by Crippen LogP contribution is 2.14. The van der Waals surface area contributed by atoms with Gasteiger partial charge in [0.1, 0.15) is 0 Å². The SMILES string of the molecule is C#Cc1ccc(C(C)NC(=O)C2CCCN2)cc1. The molecule has 2 N–H and O–H groups in total. The Hall–Kier alpha value is -1.79. The van der Waals surface area contributed by atoms with Crippen molar-refractivity contribution in [1.82, 2.24) is 10.6 Å². The third-order valence-electron chi connectivity index (χ3n) is 3.31. The van der Waals surface area contributed by atoms with Crippen LogP contribution in [-0.2, 0) is 4.79 Å². The first kappa shape index (κ1) is 12.7. The van der Waals surface area contributed by atoms with Gasteiger partial charge in [-0.05, 0) is 44.0 Å². The summed E-state index contributed by atoms with van der Waals surface area (Å²) in [5.41, 5.74) is 1.93. The van der Waals surface area contributed by atoms with Crippen LogP contribution < -0.4 is 10.6 Å². The fourth-order valence-corrected chi connectivity index (χ4v) is 2.17. The second-order valence-electron chi connectivity index (χ2n) is 4.65. The minimum Gasteiger partial charge on any atom is -0.348 e. The number of amides is 1. The zero-order valence-electron chi connectivity index (χ0n) is 10.6. The Morgan fingerprint density at radius 1 is 1.50 bits per heavy atom. The van der Waals surface area contributed by atoms with Gasteiger partial charge in [0.05, 0.1) is 12.1 Å². The molecule has 1 saturated heterocycles. The molecular formula is C15H18N2O. The average molecular weight is 242 g/mol. The van der Waals surface area contributed by atoms with E-state index < -0.39 is 0 Å². The molecule has 3 heteroatoms. The number of hydrogen-bond donors (Lipinski definition) is 2. The fourth-order valence-electron chi connectivity index (χ4n) is 2.17. The molecule has 94 valence electrons. The van der Waals surface area contributed by atoms with Crippen LogP contribution in [0.15, 0.2) is 24.3 Å². The van der Waals surface area contributed by atoms with E-state index >= 15 is 0 Å². The molecule has 0 radical (unpaired) electrons. The van der Waals surface area contributed by atoms with E-state index in [2.05, 4.69) is 16.6 Å². The summed E-state index contributed by atoms with van der Waals surface area (Å²) in [5.74, 6) is 2.67. The zero-order chi connectivity index (χ0) is 13.0. The Morgan fingerprint density at radius 2 is 2.22 bits per heavy atom. The maximum absolute atomic E-state index is 11.9. The Balaban J connectivity index is 1.96. The number of nitrogens with one attached hydrogen (secondary N) is 2. The van der Waals surface area contributed by atoms with Gasteiger partial charge in [-0.3, -0.25) is 4.79 Å². The van der Waals surface area contributed by atoms with E-state index in [0.29, 0.717) is 0 Å². The van der Waals surface area contributed by atoms with Crippen molar-refractivity contribution in [2.45, 2.75) is 31.8 Å². The Morgan fingerprint density at radius 3 is 2.78 bits per heavy atom. The van der Waals surface area contributed by atoms with Gasteiger partial charge in [-0.15, -0.1) is 6.42 Å². The molecule has 18 heavy (non-hydrogen) atoms. The largest absolute Gasteiger partial charge is 0.348 e. The highest BCUT2D eigenvalue weighted by atomic mass is 16.2. The van der Waals surface area contributed by atoms with Crippen LogP contribution in [-0.4, -0.2) is 18.5 Å². The average Bonchev–Trinajstić information content (AvgIpc) is 2.92. The molecule has 2 unspecified atom stereocenters. The first-order chi connectivity index (χ1) is 8.70. The van der Waals surface area contributed by atoms with Gasteiger partial charge in [-0.1, -0.05) is 18.1 Å². The zero-order valence-corrected chi connectivity index (χ0v) is 10.6. The van der Waals surface area contributed by atoms with Crippen LogP contribution in [0.3, 0.4) is 0 Å². The standard InChI is InChI=1S/C15H18N2O/c1-3-12-6-8-13(9-7-12)11(2)17-15(18)14-5-4-10-16-14/h1,6-9,11,14,16H,4-5,10H2,2H3,(H,17,18). The van der Waals surface area contributed by atoms with Gasteiger partial charge in [-0.2, -0.15) is 0 Å². The molecule has 2 atom stereocenters. The molecular weight excluding hydrogens is 224 g/mol. The van der Waals surface area contributed by atoms with Crippen molar-refractivity contribution < 1.29 is 4.79 Å². The number of rotatable bonds is 3. The highest BCUT2D eigenvalue weighted by Gasteiger charge is 2.23. The van der Waals surface area contributed by atoms with Gasteiger partial charge >= 0.3 is 0 Å². The summed E-state index contributed by atoms with van der Waals surface area (Å²) < 4.78 is 0. The molecule has 1 heterocycles. The van der Waals surface area contributed by atoms with E-state index in [9.17, 15) is 4.79 Å². The van der Waals surface area contributed by atoms with Crippen molar-refractivity contribution in [3.63, 3.8) is 0 Å². The second-order valence-corrected chi connectivity index (χ2v) is 4.65. The summed E-state index contributed by atoms with van der Waals surface area (Å²) >= 11 is 0. The Kier molecular flexibility index (Phi) is 4.01. The third kappa shape index (κ3) is 2.91. The van der Waals surface area contributed by atoms with Gasteiger partial charge in [0.25, 0.3) is 0 Å². The predicted molar refractivity (Wildman–Crippen MR) is 72.0 cm³/mol. The topological polar surface area (TPSA) is 41.1 Å². The van der Waals surface area contributed by atoms with Gasteiger partial charge in [0.15, 0.2) is 0 Å². The van der Waals surface area contributed by atoms with Gasteiger partial charge < -0.3 is 10.6 Å². The summed E-state index contributed by atoms with van der Waals surface area (Å²) in [6.07, 6.45) is 7.31. The van der Waals surface area contributed by atoms with Crippen molar-refractivity contribution in [2.75, 3.05) is 6.54 Å². The van der Waals surface area contributed by atoms with Crippen LogP contribution in [0.5, 0.6) is 0 Å². The van der Waals surface area contributed by atoms with Gasteiger partial charge in [-0.25, -0.2) is 0 Å². The van der Waals surface area contributed by atoms with Crippen molar-refractivity contribution >= 4 is 5.91 Å². The lowest BCUT2D eigenvalue weighted by atomic mass is 10.1. The molecule has 1 aromatic rings. The molecule has 0 bridgehead atoms. The van der Waals surface area contributed by atoms with Crippen molar-refractivity contribution in [3.05, 3.63) is 35.4 Å². The van der Waals surface area contributed by atoms with E-state index in [0.717, 1.165) is 30.5 Å². The van der Waals surface area contributed by atoms with E-state index in [-0.39, 0.29) is 18.0 Å². The monoisotopic (exact) mass is 242 g/mol. The van der Waals surface area contributed by atoms with Crippen molar-refractivity contribution in [1.29, 1.82) is 0 Å². The van der Waals surface area contributed by atoms with E-state index in [1.807, 2.05) is 31.2 Å². The maximum atomic E-state index is 11.9. The smallest absolute Gasteiger partial charge is 0.237 e. The minimum atomic E-state index is -0.0302. The number of carbonyl (C=O) groups excluding carboxylic acids is 1. The Labute approximate surface area is 108 Å². The van der Waals surface area contributed by atoms with Crippen LogP contribution in [0, 0.1) is 12.3 Å². The molecule has 1 aromatic carbocycles. The van der Waals surface area contributed by atoms with Crippen LogP contribution in [0.2, 0.25) is 0 Å². The lowest BCUT2D eigenvalue weighted by Crippen LogP contribution is -2.41. The first-order valence-electron chi connectivity index (χ1n) is 6.31. The summed E-state index contributed by atoms with van der Waals surface area (Å²) in [7, 11) is 0. The van der Waals surface area contributed by atoms with E-state index in [1.54, 1.807) is 0 Å². The molecule has 1 aliphatic heterocycles. The van der Waals surface area contributed by atoms with E-state index in [1.165, 1.54) is 0 Å². The summed E-state index contributed by atoms with van der Waals surface area (Å²) in [6, 6.07) is 7.69. The lowest BCUT2D eigenvalue weighted by Gasteiger charge is -2.17. The molecule has 1 amide bonds. The number of hydrogen-bond acceptors (Lipinski definition) is 2. The maximum Gasteiger partial charge on any atom is 0.237 e. The normalized spacial score (nSPS) is 20.1. The summed E-state index contributed by atoms with van der Waals surface area (Å²) in [6.45, 7) is 2.92.